The predicted molar refractivity (Wildman–Crippen MR) is 125 cm³/mol. The van der Waals surface area contributed by atoms with Gasteiger partial charge in [-0.25, -0.2) is 14.8 Å². The molecule has 2 aliphatic heterocycles. The number of carbonyl (C=O) groups is 2. The number of hydrogen-bond donors (Lipinski definition) is 2. The third-order valence-electron chi connectivity index (χ3n) is 6.13. The van der Waals surface area contributed by atoms with E-state index in [9.17, 15) is 9.59 Å². The van der Waals surface area contributed by atoms with Crippen LogP contribution in [0.1, 0.15) is 61.8 Å². The Kier molecular flexibility index (Phi) is 6.96. The molecule has 33 heavy (non-hydrogen) atoms. The summed E-state index contributed by atoms with van der Waals surface area (Å²) in [6.45, 7) is 16.3. The Labute approximate surface area is 196 Å². The minimum absolute atomic E-state index is 0.0632. The number of aromatic nitrogens is 2. The summed E-state index contributed by atoms with van der Waals surface area (Å²) >= 11 is 0. The number of carbonyl (C=O) groups excluding carboxylic acids is 2. The third-order valence-corrected chi connectivity index (χ3v) is 6.13. The highest BCUT2D eigenvalue weighted by atomic mass is 16.7. The topological polar surface area (TPSA) is 115 Å². The molecule has 0 unspecified atom stereocenters. The van der Waals surface area contributed by atoms with Crippen molar-refractivity contribution < 1.29 is 23.6 Å². The van der Waals surface area contributed by atoms with E-state index in [4.69, 9.17) is 14.0 Å². The van der Waals surface area contributed by atoms with Gasteiger partial charge in [-0.3, -0.25) is 4.79 Å². The van der Waals surface area contributed by atoms with Gasteiger partial charge in [0.2, 0.25) is 11.9 Å². The maximum Gasteiger partial charge on any atom is 0.498 e. The molecule has 3 rings (SSSR count). The smallest absolute Gasteiger partial charge is 0.444 e. The Hall–Kier alpha value is -2.40. The maximum absolute atomic E-state index is 12.5. The first-order chi connectivity index (χ1) is 15.2. The number of ether oxygens (including phenoxy) is 1. The zero-order chi connectivity index (χ0) is 24.6. The van der Waals surface area contributed by atoms with Crippen molar-refractivity contribution in [1.29, 1.82) is 0 Å². The Morgan fingerprint density at radius 3 is 2.30 bits per heavy atom. The molecule has 0 saturated carbocycles. The lowest BCUT2D eigenvalue weighted by Gasteiger charge is -2.32. The fraction of sp³-hybridized carbons (Fsp3) is 0.727. The highest BCUT2D eigenvalue weighted by Gasteiger charge is 2.52. The van der Waals surface area contributed by atoms with E-state index in [2.05, 4.69) is 20.6 Å². The number of hydrogen-bond acceptors (Lipinski definition) is 8. The Morgan fingerprint density at radius 2 is 1.76 bits per heavy atom. The molecule has 2 amide bonds. The minimum Gasteiger partial charge on any atom is -0.444 e. The number of nitrogens with zero attached hydrogens (tertiary/aromatic N) is 3. The molecule has 3 heterocycles. The first-order valence-corrected chi connectivity index (χ1v) is 11.4. The van der Waals surface area contributed by atoms with Crippen molar-refractivity contribution in [2.45, 2.75) is 90.7 Å². The van der Waals surface area contributed by atoms with Gasteiger partial charge in [0.15, 0.2) is 0 Å². The third kappa shape index (κ3) is 6.14. The van der Waals surface area contributed by atoms with Gasteiger partial charge in [-0.15, -0.1) is 0 Å². The van der Waals surface area contributed by atoms with Gasteiger partial charge in [0, 0.05) is 37.0 Å². The molecule has 10 nitrogen and oxygen atoms in total. The quantitative estimate of drug-likeness (QED) is 0.633. The molecule has 0 bridgehead atoms. The molecule has 0 radical (unpaired) electrons. The number of nitrogens with one attached hydrogen (secondary N) is 2. The molecule has 1 aromatic rings. The maximum atomic E-state index is 12.5. The van der Waals surface area contributed by atoms with E-state index in [1.165, 1.54) is 0 Å². The second kappa shape index (κ2) is 9.10. The molecule has 11 heteroatoms. The van der Waals surface area contributed by atoms with Crippen LogP contribution in [0.25, 0.3) is 0 Å². The van der Waals surface area contributed by atoms with Crippen LogP contribution in [0.3, 0.4) is 0 Å². The molecule has 1 aromatic heterocycles. The van der Waals surface area contributed by atoms with E-state index >= 15 is 0 Å². The van der Waals surface area contributed by atoms with Crippen molar-refractivity contribution in [1.82, 2.24) is 20.6 Å². The normalized spacial score (nSPS) is 22.7. The van der Waals surface area contributed by atoms with Gasteiger partial charge in [-0.05, 0) is 61.8 Å². The van der Waals surface area contributed by atoms with Crippen LogP contribution in [0.4, 0.5) is 10.7 Å². The molecule has 2 atom stereocenters. The van der Waals surface area contributed by atoms with E-state index in [1.54, 1.807) is 40.1 Å². The van der Waals surface area contributed by atoms with Crippen molar-refractivity contribution in [2.75, 3.05) is 18.0 Å². The molecule has 182 valence electrons. The summed E-state index contributed by atoms with van der Waals surface area (Å²) in [6.07, 6.45) is 3.59. The summed E-state index contributed by atoms with van der Waals surface area (Å²) in [5.74, 6) is 0.330. The minimum atomic E-state index is -0.704. The standard InChI is InChI=1S/C22H36BN5O5/c1-14(26-19(30)31-20(2,3)4)17(29)27-16-9-10-28(13-16)18-24-11-15(12-25-18)23-32-21(5,6)22(7,8)33-23/h11-12,14,16H,9-10,13H2,1-8H3,(H,26,30)(H,27,29)/t14-,16-/m1/s1. The lowest BCUT2D eigenvalue weighted by atomic mass is 9.81. The van der Waals surface area contributed by atoms with Crippen LogP contribution >= 0.6 is 0 Å². The van der Waals surface area contributed by atoms with Gasteiger partial charge < -0.3 is 29.6 Å². The van der Waals surface area contributed by atoms with E-state index in [0.717, 1.165) is 11.9 Å². The van der Waals surface area contributed by atoms with Gasteiger partial charge in [0.05, 0.1) is 11.2 Å². The number of amides is 2. The lowest BCUT2D eigenvalue weighted by Crippen LogP contribution is -2.49. The van der Waals surface area contributed by atoms with Crippen LogP contribution in [0.2, 0.25) is 0 Å². The van der Waals surface area contributed by atoms with Crippen LogP contribution in [-0.2, 0) is 18.8 Å². The molecule has 2 saturated heterocycles. The average Bonchev–Trinajstić information content (AvgIpc) is 3.22. The average molecular weight is 461 g/mol. The van der Waals surface area contributed by atoms with Crippen LogP contribution < -0.4 is 21.0 Å². The Morgan fingerprint density at radius 1 is 1.18 bits per heavy atom. The molecule has 0 aliphatic carbocycles. The Bertz CT molecular complexity index is 855. The Balaban J connectivity index is 1.51. The van der Waals surface area contributed by atoms with Crippen LogP contribution in [0, 0.1) is 0 Å². The van der Waals surface area contributed by atoms with Crippen molar-refractivity contribution in [3.8, 4) is 0 Å². The summed E-state index contributed by atoms with van der Waals surface area (Å²) in [7, 11) is -0.506. The second-order valence-electron chi connectivity index (χ2n) is 10.7. The summed E-state index contributed by atoms with van der Waals surface area (Å²) in [5.41, 5.74) is -0.703. The van der Waals surface area contributed by atoms with E-state index in [0.29, 0.717) is 19.0 Å². The van der Waals surface area contributed by atoms with Crippen molar-refractivity contribution in [2.24, 2.45) is 0 Å². The molecule has 0 spiro atoms. The van der Waals surface area contributed by atoms with Gasteiger partial charge in [-0.2, -0.15) is 0 Å². The van der Waals surface area contributed by atoms with E-state index in [1.807, 2.05) is 32.6 Å². The van der Waals surface area contributed by atoms with Crippen molar-refractivity contribution in [3.05, 3.63) is 12.4 Å². The highest BCUT2D eigenvalue weighted by molar-refractivity contribution is 6.61. The van der Waals surface area contributed by atoms with Crippen molar-refractivity contribution in [3.63, 3.8) is 0 Å². The van der Waals surface area contributed by atoms with Crippen molar-refractivity contribution >= 4 is 30.5 Å². The monoisotopic (exact) mass is 461 g/mol. The van der Waals surface area contributed by atoms with Gasteiger partial charge >= 0.3 is 13.2 Å². The molecule has 0 aromatic carbocycles. The summed E-state index contributed by atoms with van der Waals surface area (Å²) in [4.78, 5) is 35.4. The molecular weight excluding hydrogens is 425 g/mol. The zero-order valence-corrected chi connectivity index (χ0v) is 20.9. The van der Waals surface area contributed by atoms with Gasteiger partial charge in [0.25, 0.3) is 0 Å². The fourth-order valence-corrected chi connectivity index (χ4v) is 3.53. The first kappa shape index (κ1) is 25.2. The number of rotatable bonds is 5. The van der Waals surface area contributed by atoms with Crippen LogP contribution in [0.5, 0.6) is 0 Å². The molecular formula is C22H36BN5O5. The predicted octanol–water partition coefficient (Wildman–Crippen LogP) is 1.38. The molecule has 2 fully saturated rings. The van der Waals surface area contributed by atoms with E-state index < -0.39 is 36.1 Å². The molecule has 2 N–H and O–H groups in total. The van der Waals surface area contributed by atoms with Crippen LogP contribution in [0.15, 0.2) is 12.4 Å². The SMILES string of the molecule is C[C@@H](NC(=O)OC(C)(C)C)C(=O)N[C@@H]1CCN(c2ncc(B3OC(C)(C)C(C)(C)O3)cn2)C1. The van der Waals surface area contributed by atoms with Gasteiger partial charge in [0.1, 0.15) is 11.6 Å². The highest BCUT2D eigenvalue weighted by Crippen LogP contribution is 2.36. The zero-order valence-electron chi connectivity index (χ0n) is 20.9. The van der Waals surface area contributed by atoms with Crippen LogP contribution in [-0.4, -0.2) is 71.1 Å². The van der Waals surface area contributed by atoms with Gasteiger partial charge in [-0.1, -0.05) is 0 Å². The molecule has 2 aliphatic rings. The summed E-state index contributed by atoms with van der Waals surface area (Å²) < 4.78 is 17.3. The largest absolute Gasteiger partial charge is 0.498 e. The first-order valence-electron chi connectivity index (χ1n) is 11.4. The summed E-state index contributed by atoms with van der Waals surface area (Å²) in [5, 5.41) is 5.54. The summed E-state index contributed by atoms with van der Waals surface area (Å²) in [6, 6.07) is -0.767. The number of anilines is 1. The lowest BCUT2D eigenvalue weighted by molar-refractivity contribution is -0.123. The fourth-order valence-electron chi connectivity index (χ4n) is 3.53. The second-order valence-corrected chi connectivity index (χ2v) is 10.7. The van der Waals surface area contributed by atoms with E-state index in [-0.39, 0.29) is 11.9 Å². The number of alkyl carbamates (subject to hydrolysis) is 1.